The number of hydrogen-bond acceptors (Lipinski definition) is 7. The highest BCUT2D eigenvalue weighted by Crippen LogP contribution is 2.24. The lowest BCUT2D eigenvalue weighted by Gasteiger charge is -2.36. The van der Waals surface area contributed by atoms with Crippen molar-refractivity contribution in [3.8, 4) is 0 Å². The molecule has 4 rings (SSSR count). The smallest absolute Gasteiger partial charge is 0.234 e. The second-order valence-corrected chi connectivity index (χ2v) is 10.5. The van der Waals surface area contributed by atoms with Crippen LogP contribution < -0.4 is 16.1 Å². The molecule has 1 fully saturated rings. The SMILES string of the molecule is CC(C)(C)c1nnc(SCC(=O)Nc2ccc(N3CCN(Cc4ccccc4)CC3)cc2)n1N. The number of carbonyl (C=O) groups excluding carboxylic acids is 1. The zero-order valence-electron chi connectivity index (χ0n) is 20.1. The Morgan fingerprint density at radius 3 is 2.29 bits per heavy atom. The number of amides is 1. The van der Waals surface area contributed by atoms with E-state index in [1.807, 2.05) is 32.9 Å². The molecule has 1 amide bonds. The maximum atomic E-state index is 12.4. The average Bonchev–Trinajstić information content (AvgIpc) is 3.20. The summed E-state index contributed by atoms with van der Waals surface area (Å²) in [7, 11) is 0. The van der Waals surface area contributed by atoms with E-state index in [0.717, 1.165) is 38.4 Å². The number of benzene rings is 2. The van der Waals surface area contributed by atoms with Crippen LogP contribution in [0.4, 0.5) is 11.4 Å². The summed E-state index contributed by atoms with van der Waals surface area (Å²) in [6, 6.07) is 18.7. The molecule has 0 aliphatic carbocycles. The van der Waals surface area contributed by atoms with Crippen LogP contribution in [-0.4, -0.2) is 57.6 Å². The van der Waals surface area contributed by atoms with Crippen molar-refractivity contribution in [2.75, 3.05) is 48.0 Å². The van der Waals surface area contributed by atoms with E-state index in [0.29, 0.717) is 11.0 Å². The van der Waals surface area contributed by atoms with E-state index in [1.54, 1.807) is 0 Å². The fraction of sp³-hybridized carbons (Fsp3) is 0.400. The number of nitrogens with one attached hydrogen (secondary N) is 1. The molecular formula is C25H33N7OS. The number of aromatic nitrogens is 3. The summed E-state index contributed by atoms with van der Waals surface area (Å²) in [5, 5.41) is 11.7. The zero-order valence-corrected chi connectivity index (χ0v) is 20.9. The Morgan fingerprint density at radius 1 is 1.00 bits per heavy atom. The summed E-state index contributed by atoms with van der Waals surface area (Å²) in [6.07, 6.45) is 0. The standard InChI is InChI=1S/C25H33N7OS/c1-25(2,3)23-28-29-24(32(23)26)34-18-22(33)27-20-9-11-21(12-10-20)31-15-13-30(14-16-31)17-19-7-5-4-6-8-19/h4-12H,13-18,26H2,1-3H3,(H,27,33). The molecule has 0 atom stereocenters. The molecule has 1 aliphatic rings. The van der Waals surface area contributed by atoms with Gasteiger partial charge in [0.15, 0.2) is 5.82 Å². The molecule has 0 radical (unpaired) electrons. The minimum atomic E-state index is -0.209. The van der Waals surface area contributed by atoms with Crippen molar-refractivity contribution in [3.05, 3.63) is 66.0 Å². The molecular weight excluding hydrogens is 446 g/mol. The van der Waals surface area contributed by atoms with Crippen LogP contribution in [0.15, 0.2) is 59.8 Å². The Bertz CT molecular complexity index is 1080. The second-order valence-electron chi connectivity index (χ2n) is 9.56. The van der Waals surface area contributed by atoms with Crippen molar-refractivity contribution >= 4 is 29.0 Å². The first kappa shape index (κ1) is 24.1. The third kappa shape index (κ3) is 6.09. The monoisotopic (exact) mass is 479 g/mol. The molecule has 3 N–H and O–H groups in total. The molecule has 34 heavy (non-hydrogen) atoms. The van der Waals surface area contributed by atoms with E-state index in [4.69, 9.17) is 5.84 Å². The number of nitrogen functional groups attached to an aromatic ring is 1. The number of anilines is 2. The van der Waals surface area contributed by atoms with Crippen molar-refractivity contribution in [2.45, 2.75) is 37.9 Å². The van der Waals surface area contributed by atoms with Crippen LogP contribution in [-0.2, 0) is 16.8 Å². The molecule has 8 nitrogen and oxygen atoms in total. The number of thioether (sulfide) groups is 1. The molecule has 2 heterocycles. The van der Waals surface area contributed by atoms with Crippen LogP contribution in [0.5, 0.6) is 0 Å². The van der Waals surface area contributed by atoms with Gasteiger partial charge in [0.1, 0.15) is 0 Å². The van der Waals surface area contributed by atoms with Gasteiger partial charge in [-0.25, -0.2) is 4.68 Å². The Morgan fingerprint density at radius 2 is 1.68 bits per heavy atom. The van der Waals surface area contributed by atoms with Crippen LogP contribution in [0.25, 0.3) is 0 Å². The minimum absolute atomic E-state index is 0.104. The molecule has 2 aromatic carbocycles. The van der Waals surface area contributed by atoms with E-state index in [9.17, 15) is 4.79 Å². The van der Waals surface area contributed by atoms with Gasteiger partial charge < -0.3 is 16.1 Å². The third-order valence-electron chi connectivity index (χ3n) is 5.81. The lowest BCUT2D eigenvalue weighted by molar-refractivity contribution is -0.113. The van der Waals surface area contributed by atoms with E-state index in [2.05, 4.69) is 67.8 Å². The van der Waals surface area contributed by atoms with Gasteiger partial charge in [-0.15, -0.1) is 10.2 Å². The molecule has 0 spiro atoms. The van der Waals surface area contributed by atoms with E-state index < -0.39 is 0 Å². The number of carbonyl (C=O) groups is 1. The normalized spacial score (nSPS) is 14.9. The molecule has 0 saturated carbocycles. The Labute approximate surface area is 205 Å². The quantitative estimate of drug-likeness (QED) is 0.397. The van der Waals surface area contributed by atoms with E-state index in [1.165, 1.54) is 27.7 Å². The van der Waals surface area contributed by atoms with Gasteiger partial charge in [0, 0.05) is 49.5 Å². The summed E-state index contributed by atoms with van der Waals surface area (Å²) in [5.41, 5.74) is 3.11. The lowest BCUT2D eigenvalue weighted by Crippen LogP contribution is -2.45. The predicted octanol–water partition coefficient (Wildman–Crippen LogP) is 3.34. The number of hydrogen-bond donors (Lipinski definition) is 2. The molecule has 0 unspecified atom stereocenters. The van der Waals surface area contributed by atoms with Gasteiger partial charge >= 0.3 is 0 Å². The Kier molecular flexibility index (Phi) is 7.43. The number of nitrogens with two attached hydrogens (primary N) is 1. The number of rotatable bonds is 7. The predicted molar refractivity (Wildman–Crippen MR) is 139 cm³/mol. The van der Waals surface area contributed by atoms with Gasteiger partial charge in [0.25, 0.3) is 0 Å². The first-order chi connectivity index (χ1) is 16.3. The lowest BCUT2D eigenvalue weighted by atomic mass is 9.96. The summed E-state index contributed by atoms with van der Waals surface area (Å²) in [5.74, 6) is 6.89. The van der Waals surface area contributed by atoms with E-state index in [-0.39, 0.29) is 17.1 Å². The molecule has 1 saturated heterocycles. The first-order valence-electron chi connectivity index (χ1n) is 11.5. The number of nitrogens with zero attached hydrogens (tertiary/aromatic N) is 5. The maximum Gasteiger partial charge on any atom is 0.234 e. The van der Waals surface area contributed by atoms with Gasteiger partial charge in [-0.05, 0) is 29.8 Å². The fourth-order valence-electron chi connectivity index (χ4n) is 3.98. The van der Waals surface area contributed by atoms with Crippen molar-refractivity contribution in [3.63, 3.8) is 0 Å². The van der Waals surface area contributed by atoms with E-state index >= 15 is 0 Å². The van der Waals surface area contributed by atoms with Crippen LogP contribution in [0.2, 0.25) is 0 Å². The third-order valence-corrected chi connectivity index (χ3v) is 6.75. The Balaban J connectivity index is 1.24. The highest BCUT2D eigenvalue weighted by Gasteiger charge is 2.23. The number of piperazine rings is 1. The molecule has 180 valence electrons. The average molecular weight is 480 g/mol. The molecule has 3 aromatic rings. The Hall–Kier alpha value is -3.04. The topological polar surface area (TPSA) is 92.3 Å². The largest absolute Gasteiger partial charge is 0.369 e. The molecule has 9 heteroatoms. The van der Waals surface area contributed by atoms with Gasteiger partial charge in [0.05, 0.1) is 5.75 Å². The molecule has 0 bridgehead atoms. The summed E-state index contributed by atoms with van der Waals surface area (Å²) in [6.45, 7) is 11.1. The second kappa shape index (κ2) is 10.5. The van der Waals surface area contributed by atoms with Crippen molar-refractivity contribution in [2.24, 2.45) is 0 Å². The van der Waals surface area contributed by atoms with Crippen LogP contribution in [0.1, 0.15) is 32.2 Å². The summed E-state index contributed by atoms with van der Waals surface area (Å²) < 4.78 is 1.46. The minimum Gasteiger partial charge on any atom is -0.369 e. The van der Waals surface area contributed by atoms with Crippen LogP contribution in [0.3, 0.4) is 0 Å². The van der Waals surface area contributed by atoms with Crippen molar-refractivity contribution in [1.82, 2.24) is 19.8 Å². The first-order valence-corrected chi connectivity index (χ1v) is 12.5. The zero-order chi connectivity index (χ0) is 24.1. The summed E-state index contributed by atoms with van der Waals surface area (Å²) >= 11 is 1.28. The van der Waals surface area contributed by atoms with Gasteiger partial charge in [-0.3, -0.25) is 9.69 Å². The molecule has 1 aromatic heterocycles. The molecule has 1 aliphatic heterocycles. The maximum absolute atomic E-state index is 12.4. The van der Waals surface area contributed by atoms with Gasteiger partial charge in [-0.1, -0.05) is 62.9 Å². The van der Waals surface area contributed by atoms with Gasteiger partial charge in [0.2, 0.25) is 11.1 Å². The van der Waals surface area contributed by atoms with Crippen LogP contribution in [0, 0.1) is 0 Å². The van der Waals surface area contributed by atoms with Gasteiger partial charge in [-0.2, -0.15) is 0 Å². The highest BCUT2D eigenvalue weighted by molar-refractivity contribution is 7.99. The highest BCUT2D eigenvalue weighted by atomic mass is 32.2. The summed E-state index contributed by atoms with van der Waals surface area (Å²) in [4.78, 5) is 17.3. The van der Waals surface area contributed by atoms with Crippen molar-refractivity contribution < 1.29 is 4.79 Å². The van der Waals surface area contributed by atoms with Crippen LogP contribution >= 0.6 is 11.8 Å². The fourth-order valence-corrected chi connectivity index (χ4v) is 4.63. The van der Waals surface area contributed by atoms with Crippen molar-refractivity contribution in [1.29, 1.82) is 0 Å².